The minimum atomic E-state index is -0.576. The van der Waals surface area contributed by atoms with Crippen molar-refractivity contribution in [2.75, 3.05) is 7.11 Å². The number of para-hydroxylation sites is 1. The van der Waals surface area contributed by atoms with Crippen molar-refractivity contribution in [2.45, 2.75) is 25.6 Å². The summed E-state index contributed by atoms with van der Waals surface area (Å²) in [5.41, 5.74) is 4.48. The van der Waals surface area contributed by atoms with Gasteiger partial charge in [0.15, 0.2) is 0 Å². The maximum absolute atomic E-state index is 12.4. The fourth-order valence-electron chi connectivity index (χ4n) is 4.94. The van der Waals surface area contributed by atoms with Crippen LogP contribution in [0.15, 0.2) is 72.0 Å². The molecular weight excluding hydrogens is 485 g/mol. The number of ether oxygens (including phenoxy) is 2. The molecule has 0 fully saturated rings. The number of benzene rings is 3. The summed E-state index contributed by atoms with van der Waals surface area (Å²) in [7, 11) is 1.65. The van der Waals surface area contributed by atoms with Crippen LogP contribution in [0.4, 0.5) is 0 Å². The van der Waals surface area contributed by atoms with Crippen LogP contribution in [0.3, 0.4) is 0 Å². The summed E-state index contributed by atoms with van der Waals surface area (Å²) < 4.78 is 13.5. The number of hydrogen-bond acceptors (Lipinski definition) is 5. The lowest BCUT2D eigenvalue weighted by Crippen LogP contribution is -2.33. The van der Waals surface area contributed by atoms with E-state index >= 15 is 0 Å². The molecule has 8 heteroatoms. The van der Waals surface area contributed by atoms with Crippen molar-refractivity contribution in [3.8, 4) is 11.5 Å². The molecule has 0 saturated carbocycles. The second-order valence-electron chi connectivity index (χ2n) is 8.64. The number of hydrazone groups is 1. The van der Waals surface area contributed by atoms with Crippen LogP contribution in [-0.4, -0.2) is 28.3 Å². The molecule has 0 unspecified atom stereocenters. The number of methoxy groups -OCH3 is 1. The Hall–Kier alpha value is -3.48. The van der Waals surface area contributed by atoms with Crippen molar-refractivity contribution >= 4 is 45.7 Å². The molecule has 176 valence electrons. The Bertz CT molecular complexity index is 1510. The van der Waals surface area contributed by atoms with E-state index in [4.69, 9.17) is 37.8 Å². The van der Waals surface area contributed by atoms with E-state index in [2.05, 4.69) is 0 Å². The van der Waals surface area contributed by atoms with Gasteiger partial charge < -0.3 is 9.47 Å². The van der Waals surface area contributed by atoms with Crippen LogP contribution in [0.25, 0.3) is 10.9 Å². The van der Waals surface area contributed by atoms with Gasteiger partial charge in [-0.1, -0.05) is 41.4 Å². The van der Waals surface area contributed by atoms with Crippen molar-refractivity contribution in [2.24, 2.45) is 5.10 Å². The third-order valence-corrected chi connectivity index (χ3v) is 7.08. The van der Waals surface area contributed by atoms with E-state index in [9.17, 15) is 4.79 Å². The van der Waals surface area contributed by atoms with Crippen LogP contribution in [0.5, 0.6) is 11.5 Å². The summed E-state index contributed by atoms with van der Waals surface area (Å²) in [4.78, 5) is 12.4. The monoisotopic (exact) mass is 505 g/mol. The van der Waals surface area contributed by atoms with Crippen molar-refractivity contribution in [3.05, 3.63) is 93.6 Å². The Balaban J connectivity index is 1.52. The molecule has 4 aromatic rings. The minimum absolute atomic E-state index is 0.0751. The lowest BCUT2D eigenvalue weighted by Gasteiger charge is -2.38. The van der Waals surface area contributed by atoms with E-state index in [1.807, 2.05) is 65.8 Å². The van der Waals surface area contributed by atoms with Crippen molar-refractivity contribution in [3.63, 3.8) is 0 Å². The third-order valence-electron chi connectivity index (χ3n) is 6.58. The second kappa shape index (κ2) is 8.33. The van der Waals surface area contributed by atoms with Crippen LogP contribution in [0, 0.1) is 0 Å². The topological polar surface area (TPSA) is 56.1 Å². The van der Waals surface area contributed by atoms with Gasteiger partial charge in [-0.15, -0.1) is 0 Å². The highest BCUT2D eigenvalue weighted by molar-refractivity contribution is 6.35. The van der Waals surface area contributed by atoms with Gasteiger partial charge in [0.05, 0.1) is 29.4 Å². The summed E-state index contributed by atoms with van der Waals surface area (Å²) >= 11 is 13.0. The SMILES string of the molecule is COc1ccc(C2=NN3[C@H](C2)c2cc(Cl)cc(Cl)c2O[C@@H]3c2cn(C(C)=O)c3ccccc23)cc1. The van der Waals surface area contributed by atoms with Gasteiger partial charge in [0.25, 0.3) is 0 Å². The third kappa shape index (κ3) is 3.56. The summed E-state index contributed by atoms with van der Waals surface area (Å²) in [5.74, 6) is 1.30. The smallest absolute Gasteiger partial charge is 0.227 e. The predicted octanol–water partition coefficient (Wildman–Crippen LogP) is 6.86. The summed E-state index contributed by atoms with van der Waals surface area (Å²) in [5, 5.41) is 8.89. The van der Waals surface area contributed by atoms with E-state index in [0.29, 0.717) is 22.2 Å². The quantitative estimate of drug-likeness (QED) is 0.305. The molecule has 1 aromatic heterocycles. The van der Waals surface area contributed by atoms with E-state index in [-0.39, 0.29) is 11.9 Å². The van der Waals surface area contributed by atoms with Crippen LogP contribution in [-0.2, 0) is 0 Å². The maximum atomic E-state index is 12.4. The van der Waals surface area contributed by atoms with E-state index in [0.717, 1.165) is 39.1 Å². The summed E-state index contributed by atoms with van der Waals surface area (Å²) in [6, 6.07) is 19.1. The highest BCUT2D eigenvalue weighted by Gasteiger charge is 2.43. The standard InChI is InChI=1S/C27H21Cl2N3O3/c1-15(33)31-14-21(19-5-3-4-6-24(19)31)27-32-25(20-11-17(28)12-22(29)26(20)35-27)13-23(30-32)16-7-9-18(34-2)10-8-16/h3-12,14,25,27H,13H2,1-2H3/t25-,27-/m1/s1. The summed E-state index contributed by atoms with van der Waals surface area (Å²) in [6.07, 6.45) is 1.92. The molecule has 0 amide bonds. The second-order valence-corrected chi connectivity index (χ2v) is 9.49. The molecule has 2 atom stereocenters. The first-order chi connectivity index (χ1) is 16.9. The molecular formula is C27H21Cl2N3O3. The van der Waals surface area contributed by atoms with Crippen LogP contribution in [0.2, 0.25) is 10.0 Å². The fraction of sp³-hybridized carbons (Fsp3) is 0.185. The van der Waals surface area contributed by atoms with Gasteiger partial charge in [0, 0.05) is 41.1 Å². The number of carbonyl (C=O) groups is 1. The molecule has 0 bridgehead atoms. The molecule has 2 aliphatic heterocycles. The molecule has 0 N–H and O–H groups in total. The van der Waals surface area contributed by atoms with Gasteiger partial charge in [0.2, 0.25) is 12.1 Å². The van der Waals surface area contributed by atoms with Gasteiger partial charge in [-0.3, -0.25) is 9.36 Å². The zero-order valence-electron chi connectivity index (χ0n) is 19.0. The first kappa shape index (κ1) is 22.0. The molecule has 6 nitrogen and oxygen atoms in total. The number of carbonyl (C=O) groups excluding carboxylic acids is 1. The molecule has 0 aliphatic carbocycles. The number of halogens is 2. The van der Waals surface area contributed by atoms with Gasteiger partial charge >= 0.3 is 0 Å². The average Bonchev–Trinajstić information content (AvgIpc) is 3.47. The van der Waals surface area contributed by atoms with Crippen molar-refractivity contribution in [1.82, 2.24) is 9.58 Å². The lowest BCUT2D eigenvalue weighted by molar-refractivity contribution is -0.0180. The molecule has 0 radical (unpaired) electrons. The van der Waals surface area contributed by atoms with E-state index in [1.165, 1.54) is 0 Å². The first-order valence-electron chi connectivity index (χ1n) is 11.2. The highest BCUT2D eigenvalue weighted by Crippen LogP contribution is 2.51. The van der Waals surface area contributed by atoms with Crippen LogP contribution >= 0.6 is 23.2 Å². The normalized spacial score (nSPS) is 18.6. The zero-order chi connectivity index (χ0) is 24.3. The molecule has 0 spiro atoms. The Morgan fingerprint density at radius 3 is 2.60 bits per heavy atom. The number of nitrogens with zero attached hydrogens (tertiary/aromatic N) is 3. The molecule has 2 aliphatic rings. The predicted molar refractivity (Wildman–Crippen MR) is 137 cm³/mol. The molecule has 6 rings (SSSR count). The zero-order valence-corrected chi connectivity index (χ0v) is 20.5. The number of aromatic nitrogens is 1. The number of hydrogen-bond donors (Lipinski definition) is 0. The Morgan fingerprint density at radius 2 is 1.86 bits per heavy atom. The Morgan fingerprint density at radius 1 is 1.09 bits per heavy atom. The highest BCUT2D eigenvalue weighted by atomic mass is 35.5. The number of rotatable bonds is 3. The minimum Gasteiger partial charge on any atom is -0.497 e. The molecule has 35 heavy (non-hydrogen) atoms. The van der Waals surface area contributed by atoms with Gasteiger partial charge in [-0.05, 0) is 48.0 Å². The van der Waals surface area contributed by atoms with Crippen LogP contribution in [0.1, 0.15) is 47.1 Å². The van der Waals surface area contributed by atoms with Gasteiger partial charge in [-0.25, -0.2) is 5.01 Å². The number of fused-ring (bicyclic) bond motifs is 4. The largest absolute Gasteiger partial charge is 0.497 e. The Kier molecular flexibility index (Phi) is 5.24. The maximum Gasteiger partial charge on any atom is 0.227 e. The lowest BCUT2D eigenvalue weighted by atomic mass is 9.95. The fourth-order valence-corrected chi connectivity index (χ4v) is 5.49. The van der Waals surface area contributed by atoms with E-state index < -0.39 is 6.23 Å². The van der Waals surface area contributed by atoms with Crippen LogP contribution < -0.4 is 9.47 Å². The van der Waals surface area contributed by atoms with Crippen molar-refractivity contribution in [1.29, 1.82) is 0 Å². The molecule has 0 saturated heterocycles. The van der Waals surface area contributed by atoms with E-state index in [1.54, 1.807) is 24.7 Å². The summed E-state index contributed by atoms with van der Waals surface area (Å²) in [6.45, 7) is 1.55. The molecule has 3 aromatic carbocycles. The Labute approximate surface area is 212 Å². The average molecular weight is 506 g/mol. The van der Waals surface area contributed by atoms with Gasteiger partial charge in [-0.2, -0.15) is 5.10 Å². The van der Waals surface area contributed by atoms with Gasteiger partial charge in [0.1, 0.15) is 11.5 Å². The van der Waals surface area contributed by atoms with Crippen molar-refractivity contribution < 1.29 is 14.3 Å². The first-order valence-corrected chi connectivity index (χ1v) is 12.0. The molecule has 3 heterocycles.